The molecule has 0 unspecified atom stereocenters. The topological polar surface area (TPSA) is 42.3 Å². The first kappa shape index (κ1) is 26.1. The van der Waals surface area contributed by atoms with Crippen LogP contribution in [0.25, 0.3) is 5.69 Å². The monoisotopic (exact) mass is 564 g/mol. The first-order valence-electron chi connectivity index (χ1n) is 13.2. The van der Waals surface area contributed by atoms with E-state index in [1.807, 2.05) is 92.0 Å². The molecule has 7 heteroatoms. The van der Waals surface area contributed by atoms with Crippen molar-refractivity contribution in [2.75, 3.05) is 4.90 Å². The van der Waals surface area contributed by atoms with Gasteiger partial charge in [-0.15, -0.1) is 0 Å². The number of aromatic nitrogens is 2. The molecule has 6 rings (SSSR count). The van der Waals surface area contributed by atoms with Gasteiger partial charge in [0, 0.05) is 23.3 Å². The van der Waals surface area contributed by atoms with Crippen molar-refractivity contribution in [3.05, 3.63) is 136 Å². The molecule has 200 valence electrons. The predicted molar refractivity (Wildman–Crippen MR) is 166 cm³/mol. The van der Waals surface area contributed by atoms with Gasteiger partial charge in [-0.25, -0.2) is 0 Å². The Hall–Kier alpha value is -4.13. The van der Waals surface area contributed by atoms with Gasteiger partial charge < -0.3 is 19.5 Å². The summed E-state index contributed by atoms with van der Waals surface area (Å²) in [4.78, 5) is 6.89. The molecule has 5 aromatic rings. The zero-order chi connectivity index (χ0) is 27.8. The maximum Gasteiger partial charge on any atom is 0.174 e. The number of pyridine rings is 1. The van der Waals surface area contributed by atoms with Crippen molar-refractivity contribution in [2.45, 2.75) is 32.9 Å². The summed E-state index contributed by atoms with van der Waals surface area (Å²) in [5.74, 6) is 1.61. The highest BCUT2D eigenvalue weighted by Crippen LogP contribution is 2.44. The average molecular weight is 565 g/mol. The highest BCUT2D eigenvalue weighted by atomic mass is 35.5. The Bertz CT molecular complexity index is 1680. The van der Waals surface area contributed by atoms with Crippen LogP contribution in [0.3, 0.4) is 0 Å². The zero-order valence-corrected chi connectivity index (χ0v) is 24.1. The molecule has 1 N–H and O–H groups in total. The minimum Gasteiger partial charge on any atom is -0.457 e. The summed E-state index contributed by atoms with van der Waals surface area (Å²) in [5, 5.41) is 4.92. The van der Waals surface area contributed by atoms with Crippen LogP contribution >= 0.6 is 23.8 Å². The molecule has 1 aliphatic heterocycles. The number of halogens is 1. The third-order valence-corrected chi connectivity index (χ3v) is 8.05. The van der Waals surface area contributed by atoms with Crippen LogP contribution in [0, 0.1) is 20.8 Å². The first-order chi connectivity index (χ1) is 19.4. The molecular formula is C33H29ClN4OS. The number of nitrogens with zero attached hydrogens (tertiary/aromatic N) is 3. The molecule has 3 aromatic carbocycles. The largest absolute Gasteiger partial charge is 0.457 e. The van der Waals surface area contributed by atoms with E-state index in [2.05, 4.69) is 46.8 Å². The number of anilines is 1. The maximum absolute atomic E-state index is 6.64. The van der Waals surface area contributed by atoms with Crippen LogP contribution < -0.4 is 15.0 Å². The van der Waals surface area contributed by atoms with Gasteiger partial charge in [0.15, 0.2) is 5.11 Å². The van der Waals surface area contributed by atoms with Crippen LogP contribution in [-0.2, 0) is 0 Å². The third kappa shape index (κ3) is 4.74. The highest BCUT2D eigenvalue weighted by molar-refractivity contribution is 7.80. The second kappa shape index (κ2) is 10.8. The van der Waals surface area contributed by atoms with Crippen molar-refractivity contribution in [2.24, 2.45) is 0 Å². The van der Waals surface area contributed by atoms with Crippen molar-refractivity contribution in [1.82, 2.24) is 14.9 Å². The Balaban J connectivity index is 1.42. The van der Waals surface area contributed by atoms with Gasteiger partial charge in [-0.3, -0.25) is 4.98 Å². The normalized spacial score (nSPS) is 16.7. The summed E-state index contributed by atoms with van der Waals surface area (Å²) in [7, 11) is 0. The van der Waals surface area contributed by atoms with Gasteiger partial charge in [-0.2, -0.15) is 0 Å². The van der Waals surface area contributed by atoms with E-state index >= 15 is 0 Å². The Morgan fingerprint density at radius 2 is 1.60 bits per heavy atom. The van der Waals surface area contributed by atoms with Gasteiger partial charge >= 0.3 is 0 Å². The summed E-state index contributed by atoms with van der Waals surface area (Å²) >= 11 is 12.6. The number of benzene rings is 3. The number of thiocarbonyl (C=S) groups is 1. The fraction of sp³-hybridized carbons (Fsp3) is 0.152. The lowest BCUT2D eigenvalue weighted by Gasteiger charge is -2.28. The van der Waals surface area contributed by atoms with Gasteiger partial charge in [-0.05, 0) is 105 Å². The minimum absolute atomic E-state index is 0.132. The predicted octanol–water partition coefficient (Wildman–Crippen LogP) is 8.42. The van der Waals surface area contributed by atoms with Crippen molar-refractivity contribution >= 4 is 34.6 Å². The molecule has 40 heavy (non-hydrogen) atoms. The summed E-state index contributed by atoms with van der Waals surface area (Å²) in [6.07, 6.45) is 1.82. The molecule has 0 saturated carbocycles. The van der Waals surface area contributed by atoms with E-state index in [0.29, 0.717) is 10.1 Å². The second-order valence-electron chi connectivity index (χ2n) is 9.97. The van der Waals surface area contributed by atoms with Crippen molar-refractivity contribution in [3.8, 4) is 17.2 Å². The lowest BCUT2D eigenvalue weighted by molar-refractivity contribution is 0.479. The molecule has 3 heterocycles. The Kier molecular flexibility index (Phi) is 7.05. The Morgan fingerprint density at radius 1 is 0.875 bits per heavy atom. The summed E-state index contributed by atoms with van der Waals surface area (Å²) in [5.41, 5.74) is 7.30. The van der Waals surface area contributed by atoms with E-state index in [1.54, 1.807) is 0 Å². The van der Waals surface area contributed by atoms with Gasteiger partial charge in [-0.1, -0.05) is 48.0 Å². The van der Waals surface area contributed by atoms with Crippen LogP contribution in [0.4, 0.5) is 5.69 Å². The molecule has 5 nitrogen and oxygen atoms in total. The minimum atomic E-state index is -0.142. The smallest absolute Gasteiger partial charge is 0.174 e. The van der Waals surface area contributed by atoms with Gasteiger partial charge in [0.05, 0.1) is 28.5 Å². The SMILES string of the molecule is Cc1ccccc1Oc1ccc(N2C(=S)N[C@@H](c3ccccn3)[C@@H]2c2cc(C)n(-c3ccccc3Cl)c2C)cc1. The summed E-state index contributed by atoms with van der Waals surface area (Å²) in [6, 6.07) is 32.0. The lowest BCUT2D eigenvalue weighted by atomic mass is 9.96. The van der Waals surface area contributed by atoms with E-state index in [-0.39, 0.29) is 12.1 Å². The number of nitrogens with one attached hydrogen (secondary N) is 1. The first-order valence-corrected chi connectivity index (χ1v) is 14.0. The van der Waals surface area contributed by atoms with E-state index in [4.69, 9.17) is 33.5 Å². The number of aryl methyl sites for hydroxylation is 2. The van der Waals surface area contributed by atoms with Crippen molar-refractivity contribution < 1.29 is 4.74 Å². The molecule has 0 bridgehead atoms. The molecule has 1 aliphatic rings. The van der Waals surface area contributed by atoms with Crippen LogP contribution in [0.5, 0.6) is 11.5 Å². The molecule has 0 amide bonds. The van der Waals surface area contributed by atoms with E-state index in [1.165, 1.54) is 0 Å². The number of ether oxygens (including phenoxy) is 1. The number of para-hydroxylation sites is 2. The number of rotatable bonds is 6. The van der Waals surface area contributed by atoms with Gasteiger partial charge in [0.25, 0.3) is 0 Å². The van der Waals surface area contributed by atoms with E-state index < -0.39 is 0 Å². The summed E-state index contributed by atoms with van der Waals surface area (Å²) in [6.45, 7) is 6.29. The summed E-state index contributed by atoms with van der Waals surface area (Å²) < 4.78 is 8.38. The van der Waals surface area contributed by atoms with Crippen molar-refractivity contribution in [3.63, 3.8) is 0 Å². The zero-order valence-electron chi connectivity index (χ0n) is 22.5. The molecule has 1 saturated heterocycles. The molecule has 1 fully saturated rings. The standard InChI is InChI=1S/C33H29ClN4OS/c1-21-10-4-7-14-30(21)39-25-17-15-24(16-18-25)38-32(31(36-33(38)40)28-12-8-9-19-35-28)26-20-22(2)37(23(26)3)29-13-6-5-11-27(29)34/h4-20,31-32H,1-3H3,(H,36,40)/t31-,32-/m0/s1. The number of hydrogen-bond acceptors (Lipinski definition) is 3. The van der Waals surface area contributed by atoms with Crippen molar-refractivity contribution in [1.29, 1.82) is 0 Å². The fourth-order valence-electron chi connectivity index (χ4n) is 5.51. The highest BCUT2D eigenvalue weighted by Gasteiger charge is 2.42. The van der Waals surface area contributed by atoms with Crippen LogP contribution in [0.2, 0.25) is 5.02 Å². The Labute approximate surface area is 245 Å². The second-order valence-corrected chi connectivity index (χ2v) is 10.8. The van der Waals surface area contributed by atoms with Gasteiger partial charge in [0.2, 0.25) is 0 Å². The molecule has 0 spiro atoms. The molecule has 0 radical (unpaired) electrons. The van der Waals surface area contributed by atoms with E-state index in [0.717, 1.165) is 51.1 Å². The number of hydrogen-bond donors (Lipinski definition) is 1. The average Bonchev–Trinajstić information content (AvgIpc) is 3.46. The van der Waals surface area contributed by atoms with Crippen LogP contribution in [0.1, 0.15) is 40.3 Å². The molecular weight excluding hydrogens is 536 g/mol. The van der Waals surface area contributed by atoms with E-state index in [9.17, 15) is 0 Å². The van der Waals surface area contributed by atoms with Crippen LogP contribution in [0.15, 0.2) is 103 Å². The molecule has 2 aromatic heterocycles. The molecule has 2 atom stereocenters. The lowest BCUT2D eigenvalue weighted by Crippen LogP contribution is -2.29. The van der Waals surface area contributed by atoms with Crippen LogP contribution in [-0.4, -0.2) is 14.7 Å². The maximum atomic E-state index is 6.64. The Morgan fingerprint density at radius 3 is 2.33 bits per heavy atom. The fourth-order valence-corrected chi connectivity index (χ4v) is 6.08. The quantitative estimate of drug-likeness (QED) is 0.210. The molecule has 0 aliphatic carbocycles. The third-order valence-electron chi connectivity index (χ3n) is 7.42. The van der Waals surface area contributed by atoms with Gasteiger partial charge in [0.1, 0.15) is 11.5 Å².